The predicted molar refractivity (Wildman–Crippen MR) is 300 cm³/mol. The number of hydrogen-bond acceptors (Lipinski definition) is 13. The molecule has 2 rings (SSSR count). The molecule has 14 nitrogen and oxygen atoms in total. The van der Waals surface area contributed by atoms with Crippen LogP contribution in [0.15, 0.2) is 36.5 Å². The maximum atomic E-state index is 13.2. The normalized spacial score (nSPS) is 25.3. The van der Waals surface area contributed by atoms with Crippen LogP contribution in [-0.2, 0) is 23.7 Å². The molecule has 440 valence electrons. The fourth-order valence-electron chi connectivity index (χ4n) is 10.1. The Labute approximate surface area is 455 Å². The number of ether oxygens (including phenoxy) is 4. The molecule has 14 heteroatoms. The smallest absolute Gasteiger partial charge is 0.220 e. The zero-order valence-electron chi connectivity index (χ0n) is 47.3. The van der Waals surface area contributed by atoms with E-state index in [4.69, 9.17) is 18.9 Å². The van der Waals surface area contributed by atoms with Crippen molar-refractivity contribution in [2.75, 3.05) is 19.8 Å². The molecule has 0 bridgehead atoms. The molecule has 0 aromatic carbocycles. The average molecular weight is 1070 g/mol. The van der Waals surface area contributed by atoms with Crippen molar-refractivity contribution in [2.45, 2.75) is 325 Å². The summed E-state index contributed by atoms with van der Waals surface area (Å²) in [6.07, 6.45) is 40.5. The van der Waals surface area contributed by atoms with E-state index in [-0.39, 0.29) is 18.9 Å². The highest BCUT2D eigenvalue weighted by Crippen LogP contribution is 2.30. The summed E-state index contributed by atoms with van der Waals surface area (Å²) in [7, 11) is 0. The van der Waals surface area contributed by atoms with Crippen molar-refractivity contribution in [3.63, 3.8) is 0 Å². The summed E-state index contributed by atoms with van der Waals surface area (Å²) in [5.74, 6) is -0.256. The topological polar surface area (TPSA) is 228 Å². The molecule has 0 aromatic rings. The Morgan fingerprint density at radius 3 is 1.31 bits per heavy atom. The van der Waals surface area contributed by atoms with Gasteiger partial charge in [-0.3, -0.25) is 4.79 Å². The highest BCUT2D eigenvalue weighted by atomic mass is 16.7. The molecule has 0 saturated carbocycles. The third-order valence-corrected chi connectivity index (χ3v) is 15.0. The lowest BCUT2D eigenvalue weighted by Gasteiger charge is -2.46. The van der Waals surface area contributed by atoms with E-state index in [0.717, 1.165) is 51.4 Å². The van der Waals surface area contributed by atoms with Crippen LogP contribution in [0.4, 0.5) is 0 Å². The van der Waals surface area contributed by atoms with Crippen LogP contribution in [0.3, 0.4) is 0 Å². The van der Waals surface area contributed by atoms with Crippen molar-refractivity contribution in [3.8, 4) is 0 Å². The van der Waals surface area contributed by atoms with Gasteiger partial charge in [-0.1, -0.05) is 224 Å². The zero-order chi connectivity index (χ0) is 54.6. The standard InChI is InChI=1S/C61H113NO13/c1-3-5-7-9-11-13-15-17-19-21-22-23-24-25-26-27-28-29-30-32-34-36-38-40-42-44-50(65)49(62-53(66)45-43-41-39-37-35-33-31-20-18-16-14-12-10-8-6-4-2)48-72-60-58(71)56(69)59(52(47-64)74-60)75-61-57(70)55(68)54(67)51(46-63)73-61/h20,31,34,36,42,44,49-52,54-61,63-65,67-71H,3-19,21-30,32-33,35,37-41,43,45-48H2,1-2H3,(H,62,66)/b31-20-,36-34+,44-42+. The molecule has 12 atom stereocenters. The first-order valence-electron chi connectivity index (χ1n) is 30.7. The van der Waals surface area contributed by atoms with Crippen LogP contribution in [0.5, 0.6) is 0 Å². The Morgan fingerprint density at radius 2 is 0.853 bits per heavy atom. The van der Waals surface area contributed by atoms with Gasteiger partial charge in [-0.25, -0.2) is 0 Å². The van der Waals surface area contributed by atoms with Gasteiger partial charge in [0.05, 0.1) is 32.0 Å². The average Bonchev–Trinajstić information content (AvgIpc) is 3.41. The van der Waals surface area contributed by atoms with Crippen LogP contribution in [0, 0.1) is 0 Å². The Morgan fingerprint density at radius 1 is 0.467 bits per heavy atom. The first-order valence-corrected chi connectivity index (χ1v) is 30.7. The molecule has 75 heavy (non-hydrogen) atoms. The van der Waals surface area contributed by atoms with Crippen molar-refractivity contribution in [2.24, 2.45) is 0 Å². The van der Waals surface area contributed by atoms with Crippen LogP contribution in [-0.4, -0.2) is 140 Å². The van der Waals surface area contributed by atoms with E-state index < -0.39 is 86.8 Å². The monoisotopic (exact) mass is 1070 g/mol. The van der Waals surface area contributed by atoms with Crippen LogP contribution in [0.2, 0.25) is 0 Å². The van der Waals surface area contributed by atoms with E-state index in [9.17, 15) is 45.6 Å². The third kappa shape index (κ3) is 32.8. The van der Waals surface area contributed by atoms with Gasteiger partial charge in [0, 0.05) is 6.42 Å². The Hall–Kier alpha value is -1.79. The number of hydrogen-bond donors (Lipinski definition) is 9. The first-order chi connectivity index (χ1) is 36.6. The van der Waals surface area contributed by atoms with Gasteiger partial charge in [-0.05, 0) is 57.8 Å². The number of aliphatic hydroxyl groups excluding tert-OH is 8. The van der Waals surface area contributed by atoms with Gasteiger partial charge < -0.3 is 65.1 Å². The van der Waals surface area contributed by atoms with Crippen molar-refractivity contribution >= 4 is 5.91 Å². The van der Waals surface area contributed by atoms with Crippen molar-refractivity contribution in [3.05, 3.63) is 36.5 Å². The van der Waals surface area contributed by atoms with Gasteiger partial charge in [0.1, 0.15) is 48.8 Å². The molecule has 12 unspecified atom stereocenters. The Kier molecular flexibility index (Phi) is 43.5. The molecule has 2 fully saturated rings. The summed E-state index contributed by atoms with van der Waals surface area (Å²) in [5.41, 5.74) is 0. The summed E-state index contributed by atoms with van der Waals surface area (Å²) in [4.78, 5) is 13.2. The van der Waals surface area contributed by atoms with E-state index in [2.05, 4.69) is 43.5 Å². The highest BCUT2D eigenvalue weighted by molar-refractivity contribution is 5.76. The van der Waals surface area contributed by atoms with Gasteiger partial charge in [-0.15, -0.1) is 0 Å². The fraction of sp³-hybridized carbons (Fsp3) is 0.885. The lowest BCUT2D eigenvalue weighted by molar-refractivity contribution is -0.359. The van der Waals surface area contributed by atoms with E-state index in [1.807, 2.05) is 6.08 Å². The van der Waals surface area contributed by atoms with E-state index >= 15 is 0 Å². The minimum absolute atomic E-state index is 0.256. The quantitative estimate of drug-likeness (QED) is 0.0204. The van der Waals surface area contributed by atoms with Gasteiger partial charge >= 0.3 is 0 Å². The summed E-state index contributed by atoms with van der Waals surface area (Å²) in [5, 5.41) is 87.1. The van der Waals surface area contributed by atoms with Crippen molar-refractivity contribution < 1.29 is 64.6 Å². The Balaban J connectivity index is 1.76. The fourth-order valence-corrected chi connectivity index (χ4v) is 10.1. The summed E-state index contributed by atoms with van der Waals surface area (Å²) in [6.45, 7) is 2.79. The van der Waals surface area contributed by atoms with Crippen molar-refractivity contribution in [1.29, 1.82) is 0 Å². The zero-order valence-corrected chi connectivity index (χ0v) is 47.3. The maximum Gasteiger partial charge on any atom is 0.220 e. The summed E-state index contributed by atoms with van der Waals surface area (Å²) in [6, 6.07) is -0.935. The lowest BCUT2D eigenvalue weighted by Crippen LogP contribution is -2.65. The highest BCUT2D eigenvalue weighted by Gasteiger charge is 2.51. The molecular weight excluding hydrogens is 955 g/mol. The number of allylic oxidation sites excluding steroid dienone is 5. The number of carbonyl (C=O) groups excluding carboxylic acids is 1. The van der Waals surface area contributed by atoms with Crippen molar-refractivity contribution in [1.82, 2.24) is 5.32 Å². The first kappa shape index (κ1) is 69.3. The van der Waals surface area contributed by atoms with E-state index in [0.29, 0.717) is 12.8 Å². The largest absolute Gasteiger partial charge is 0.394 e. The van der Waals surface area contributed by atoms with Crippen LogP contribution in [0.1, 0.15) is 251 Å². The van der Waals surface area contributed by atoms with Crippen LogP contribution in [0.25, 0.3) is 0 Å². The number of rotatable bonds is 49. The van der Waals surface area contributed by atoms with Gasteiger partial charge in [0.15, 0.2) is 12.6 Å². The number of aliphatic hydroxyl groups is 8. The maximum absolute atomic E-state index is 13.2. The van der Waals surface area contributed by atoms with Gasteiger partial charge in [-0.2, -0.15) is 0 Å². The van der Waals surface area contributed by atoms with E-state index in [1.165, 1.54) is 167 Å². The third-order valence-electron chi connectivity index (χ3n) is 15.0. The second-order valence-electron chi connectivity index (χ2n) is 21.8. The molecule has 0 radical (unpaired) electrons. The number of carbonyl (C=O) groups is 1. The predicted octanol–water partition coefficient (Wildman–Crippen LogP) is 10.6. The number of amides is 1. The molecule has 0 aromatic heterocycles. The molecule has 2 aliphatic heterocycles. The molecule has 1 amide bonds. The molecule has 0 spiro atoms. The molecule has 0 aliphatic carbocycles. The summed E-state index contributed by atoms with van der Waals surface area (Å²) < 4.78 is 22.8. The second-order valence-corrected chi connectivity index (χ2v) is 21.8. The molecule has 2 aliphatic rings. The van der Waals surface area contributed by atoms with E-state index in [1.54, 1.807) is 6.08 Å². The molecule has 2 saturated heterocycles. The minimum Gasteiger partial charge on any atom is -0.394 e. The van der Waals surface area contributed by atoms with Gasteiger partial charge in [0.2, 0.25) is 5.91 Å². The molecule has 2 heterocycles. The lowest BCUT2D eigenvalue weighted by atomic mass is 9.97. The second kappa shape index (κ2) is 47.1. The number of unbranched alkanes of at least 4 members (excludes halogenated alkanes) is 32. The minimum atomic E-state index is -1.79. The van der Waals surface area contributed by atoms with Crippen LogP contribution < -0.4 is 5.32 Å². The summed E-state index contributed by atoms with van der Waals surface area (Å²) >= 11 is 0. The SMILES string of the molecule is CCCCCCCCC/C=C\CCCCCCCC(=O)NC(COC1OC(CO)C(OC2OC(CO)C(O)C(O)C2O)C(O)C1O)C(O)/C=C/CC/C=C/CCCCCCCCCCCCCCCCCCCCC. The molecular formula is C61H113NO13. The molecule has 9 N–H and O–H groups in total. The number of nitrogens with one attached hydrogen (secondary N) is 1. The Bertz CT molecular complexity index is 1400. The van der Waals surface area contributed by atoms with Gasteiger partial charge in [0.25, 0.3) is 0 Å². The van der Waals surface area contributed by atoms with Crippen LogP contribution >= 0.6 is 0 Å².